The fourth-order valence-electron chi connectivity index (χ4n) is 6.99. The molecule has 0 aromatic rings. The van der Waals surface area contributed by atoms with Crippen LogP contribution >= 0.6 is 11.6 Å². The van der Waals surface area contributed by atoms with E-state index >= 15 is 0 Å². The third kappa shape index (κ3) is 5.46. The van der Waals surface area contributed by atoms with E-state index in [1.165, 1.54) is 4.90 Å². The van der Waals surface area contributed by atoms with Crippen LogP contribution in [0.3, 0.4) is 0 Å². The van der Waals surface area contributed by atoms with Gasteiger partial charge in [0.15, 0.2) is 0 Å². The third-order valence-corrected chi connectivity index (χ3v) is 8.98. The lowest BCUT2D eigenvalue weighted by atomic mass is 9.78. The van der Waals surface area contributed by atoms with E-state index in [0.29, 0.717) is 18.9 Å². The van der Waals surface area contributed by atoms with E-state index < -0.39 is 58.5 Å². The first-order valence-corrected chi connectivity index (χ1v) is 13.5. The Bertz CT molecular complexity index is 1020. The second kappa shape index (κ2) is 10.2. The van der Waals surface area contributed by atoms with E-state index in [-0.39, 0.29) is 36.6 Å². The predicted octanol–water partition coefficient (Wildman–Crippen LogP) is 0.718. The van der Waals surface area contributed by atoms with E-state index in [1.807, 2.05) is 0 Å². The van der Waals surface area contributed by atoms with Gasteiger partial charge in [0.1, 0.15) is 18.1 Å². The number of fused-ring (bicyclic) bond motifs is 5. The zero-order valence-corrected chi connectivity index (χ0v) is 22.5. The van der Waals surface area contributed by atoms with Crippen molar-refractivity contribution in [1.29, 1.82) is 0 Å². The van der Waals surface area contributed by atoms with E-state index in [2.05, 4.69) is 16.0 Å². The van der Waals surface area contributed by atoms with Gasteiger partial charge in [-0.25, -0.2) is 0 Å². The number of carbonyl (C=O) groups is 5. The summed E-state index contributed by atoms with van der Waals surface area (Å²) in [5, 5.41) is 3.26. The zero-order valence-electron chi connectivity index (χ0n) is 21.8. The molecular weight excluding hydrogens is 524 g/mol. The molecule has 4 aliphatic rings. The molecule has 4 fully saturated rings. The normalized spacial score (nSPS) is 31.9. The van der Waals surface area contributed by atoms with Crippen LogP contribution in [0.15, 0.2) is 0 Å². The summed E-state index contributed by atoms with van der Waals surface area (Å²) in [6.07, 6.45) is 3.40. The van der Waals surface area contributed by atoms with Crippen LogP contribution in [0.4, 0.5) is 8.78 Å². The molecule has 2 aliphatic heterocycles. The number of nitrogens with two attached hydrogens (primary N) is 1. The Hall–Kier alpha value is -2.50. The molecule has 2 saturated heterocycles. The SMILES string of the molecule is CC(C)(C)[C@H](NC(=O)C(F)(F)Cl)C(=O)N1C[C@@H]2[C@@H]3CC[C@@H](C3)[C@@H]2[C@H]1C(=O)N[C@@H](C[C@@H]1CCNC1=O)C(N)=O. The Balaban J connectivity index is 1.60. The molecular formula is C25H36ClF2N5O5. The lowest BCUT2D eigenvalue weighted by Crippen LogP contribution is -2.61. The Morgan fingerprint density at radius 1 is 1.13 bits per heavy atom. The molecule has 10 nitrogen and oxygen atoms in total. The molecule has 2 heterocycles. The summed E-state index contributed by atoms with van der Waals surface area (Å²) in [6.45, 7) is 5.58. The number of alkyl halides is 3. The Morgan fingerprint density at radius 3 is 2.34 bits per heavy atom. The van der Waals surface area contributed by atoms with Crippen LogP contribution < -0.4 is 21.7 Å². The molecule has 8 atom stereocenters. The van der Waals surface area contributed by atoms with Crippen molar-refractivity contribution in [3.63, 3.8) is 0 Å². The van der Waals surface area contributed by atoms with Crippen molar-refractivity contribution in [3.8, 4) is 0 Å². The highest BCUT2D eigenvalue weighted by molar-refractivity contribution is 6.32. The number of rotatable bonds is 8. The van der Waals surface area contributed by atoms with Crippen LogP contribution in [0.1, 0.15) is 52.9 Å². The lowest BCUT2D eigenvalue weighted by molar-refractivity contribution is -0.148. The van der Waals surface area contributed by atoms with Crippen LogP contribution in [-0.2, 0) is 24.0 Å². The number of hydrogen-bond acceptors (Lipinski definition) is 5. The second-order valence-corrected chi connectivity index (χ2v) is 12.7. The minimum absolute atomic E-state index is 0.0409. The average molecular weight is 560 g/mol. The Morgan fingerprint density at radius 2 is 1.79 bits per heavy atom. The maximum atomic E-state index is 13.9. The standard InChI is InChI=1S/C25H36ClF2N5O5/c1-24(2,3)18(32-23(38)25(26,27)28)22(37)33-10-14-11-4-5-12(8-11)16(14)17(33)21(36)31-15(19(29)34)9-13-6-7-30-20(13)35/h11-18H,4-10H2,1-3H3,(H2,29,34)(H,30,35)(H,31,36)(H,32,38)/t11-,12+,13+,14-,15+,16+,17+,18-/m1/s1. The van der Waals surface area contributed by atoms with E-state index in [4.69, 9.17) is 17.3 Å². The molecule has 2 aliphatic carbocycles. The van der Waals surface area contributed by atoms with Crippen LogP contribution in [-0.4, -0.2) is 71.0 Å². The highest BCUT2D eigenvalue weighted by Crippen LogP contribution is 2.57. The molecule has 212 valence electrons. The van der Waals surface area contributed by atoms with E-state index in [1.54, 1.807) is 20.8 Å². The second-order valence-electron chi connectivity index (χ2n) is 12.3. The van der Waals surface area contributed by atoms with Crippen molar-refractivity contribution in [2.24, 2.45) is 40.7 Å². The molecule has 0 spiro atoms. The van der Waals surface area contributed by atoms with Gasteiger partial charge in [-0.1, -0.05) is 20.8 Å². The molecule has 2 saturated carbocycles. The summed E-state index contributed by atoms with van der Waals surface area (Å²) in [5.74, 6) is -4.06. The number of nitrogens with zero attached hydrogens (tertiary/aromatic N) is 1. The Labute approximate surface area is 225 Å². The third-order valence-electron chi connectivity index (χ3n) is 8.81. The maximum absolute atomic E-state index is 13.9. The average Bonchev–Trinajstić information content (AvgIpc) is 3.57. The molecule has 13 heteroatoms. The van der Waals surface area contributed by atoms with Crippen LogP contribution in [0, 0.1) is 35.0 Å². The zero-order chi connectivity index (χ0) is 28.2. The van der Waals surface area contributed by atoms with E-state index in [0.717, 1.165) is 19.3 Å². The number of hydrogen-bond donors (Lipinski definition) is 4. The summed E-state index contributed by atoms with van der Waals surface area (Å²) in [7, 11) is 0. The van der Waals surface area contributed by atoms with Gasteiger partial charge in [-0.05, 0) is 72.8 Å². The molecule has 5 amide bonds. The minimum atomic E-state index is -4.21. The number of amides is 5. The topological polar surface area (TPSA) is 151 Å². The maximum Gasteiger partial charge on any atom is 0.399 e. The van der Waals surface area contributed by atoms with Gasteiger partial charge in [0, 0.05) is 19.0 Å². The molecule has 4 rings (SSSR count). The number of nitrogens with one attached hydrogen (secondary N) is 3. The molecule has 0 aromatic carbocycles. The summed E-state index contributed by atoms with van der Waals surface area (Å²) in [6, 6.07) is -3.44. The summed E-state index contributed by atoms with van der Waals surface area (Å²) in [4.78, 5) is 65.3. The fraction of sp³-hybridized carbons (Fsp3) is 0.800. The van der Waals surface area contributed by atoms with Gasteiger partial charge in [0.2, 0.25) is 23.6 Å². The summed E-state index contributed by atoms with van der Waals surface area (Å²) in [5.41, 5.74) is 4.60. The number of likely N-dealkylation sites (tertiary alicyclic amines) is 1. The van der Waals surface area contributed by atoms with Crippen LogP contribution in [0.5, 0.6) is 0 Å². The fourth-order valence-corrected chi connectivity index (χ4v) is 7.05. The summed E-state index contributed by atoms with van der Waals surface area (Å²) < 4.78 is 27.0. The van der Waals surface area contributed by atoms with Gasteiger partial charge >= 0.3 is 11.3 Å². The highest BCUT2D eigenvalue weighted by Gasteiger charge is 2.60. The van der Waals surface area contributed by atoms with Crippen molar-refractivity contribution in [3.05, 3.63) is 0 Å². The number of carbonyl (C=O) groups excluding carboxylic acids is 5. The highest BCUT2D eigenvalue weighted by atomic mass is 35.5. The van der Waals surface area contributed by atoms with Gasteiger partial charge in [-0.15, -0.1) is 0 Å². The molecule has 0 radical (unpaired) electrons. The first kappa shape index (κ1) is 28.5. The van der Waals surface area contributed by atoms with Crippen molar-refractivity contribution in [2.75, 3.05) is 13.1 Å². The van der Waals surface area contributed by atoms with Crippen molar-refractivity contribution in [1.82, 2.24) is 20.9 Å². The first-order chi connectivity index (χ1) is 17.6. The first-order valence-electron chi connectivity index (χ1n) is 13.1. The quantitative estimate of drug-likeness (QED) is 0.323. The van der Waals surface area contributed by atoms with E-state index in [9.17, 15) is 32.8 Å². The number of primary amides is 1. The largest absolute Gasteiger partial charge is 0.399 e. The predicted molar refractivity (Wildman–Crippen MR) is 132 cm³/mol. The van der Waals surface area contributed by atoms with Gasteiger partial charge < -0.3 is 26.6 Å². The van der Waals surface area contributed by atoms with Crippen LogP contribution in [0.2, 0.25) is 0 Å². The number of halogens is 3. The van der Waals surface area contributed by atoms with Crippen molar-refractivity contribution in [2.45, 2.75) is 76.4 Å². The van der Waals surface area contributed by atoms with Gasteiger partial charge in [-0.2, -0.15) is 8.78 Å². The minimum Gasteiger partial charge on any atom is -0.368 e. The van der Waals surface area contributed by atoms with Gasteiger partial charge in [0.25, 0.3) is 0 Å². The van der Waals surface area contributed by atoms with Gasteiger partial charge in [-0.3, -0.25) is 24.0 Å². The van der Waals surface area contributed by atoms with Crippen molar-refractivity contribution < 1.29 is 32.8 Å². The smallest absolute Gasteiger partial charge is 0.368 e. The lowest BCUT2D eigenvalue weighted by Gasteiger charge is -2.37. The molecule has 0 aromatic heterocycles. The van der Waals surface area contributed by atoms with Gasteiger partial charge in [0.05, 0.1) is 0 Å². The molecule has 5 N–H and O–H groups in total. The Kier molecular flexibility index (Phi) is 7.68. The summed E-state index contributed by atoms with van der Waals surface area (Å²) >= 11 is 4.91. The molecule has 0 unspecified atom stereocenters. The van der Waals surface area contributed by atoms with Crippen molar-refractivity contribution >= 4 is 41.1 Å². The molecule has 2 bridgehead atoms. The molecule has 38 heavy (non-hydrogen) atoms. The van der Waals surface area contributed by atoms with Crippen LogP contribution in [0.25, 0.3) is 0 Å². The monoisotopic (exact) mass is 559 g/mol.